The maximum absolute atomic E-state index is 11.8. The molecule has 0 unspecified atom stereocenters. The van der Waals surface area contributed by atoms with E-state index >= 15 is 0 Å². The summed E-state index contributed by atoms with van der Waals surface area (Å²) in [6.07, 6.45) is 4.50. The van der Waals surface area contributed by atoms with Crippen LogP contribution in [0.3, 0.4) is 0 Å². The molecule has 0 aliphatic carbocycles. The third-order valence-electron chi connectivity index (χ3n) is 3.78. The lowest BCUT2D eigenvalue weighted by molar-refractivity contribution is -0.121. The molecule has 1 atom stereocenters. The summed E-state index contributed by atoms with van der Waals surface area (Å²) in [6, 6.07) is 0. The predicted molar refractivity (Wildman–Crippen MR) is 132 cm³/mol. The molecule has 1 fully saturated rings. The standard InChI is InChI=1S/C17H32N6O3S4/c1-23(2)16(19)21-15(18)22-17(25)26-9-12-28-27-11-8-20-14(24)6-4-3-5-13-7-10-29-30-13/h13H,3-12H2,1-2H3,(H,20,24)(H4,18,19,21,22,25)/t13-/m1/s1. The van der Waals surface area contributed by atoms with E-state index in [1.165, 1.54) is 23.5 Å². The van der Waals surface area contributed by atoms with Gasteiger partial charge >= 0.3 is 6.09 Å². The van der Waals surface area contributed by atoms with Crippen LogP contribution in [0.25, 0.3) is 0 Å². The lowest BCUT2D eigenvalue weighted by Gasteiger charge is -2.10. The number of nitrogens with two attached hydrogens (primary N) is 1. The lowest BCUT2D eigenvalue weighted by atomic mass is 10.1. The van der Waals surface area contributed by atoms with E-state index in [4.69, 9.17) is 15.9 Å². The van der Waals surface area contributed by atoms with Crippen molar-refractivity contribution in [3.8, 4) is 0 Å². The summed E-state index contributed by atoms with van der Waals surface area (Å²) in [5.41, 5.74) is 5.51. The molecule has 172 valence electrons. The summed E-state index contributed by atoms with van der Waals surface area (Å²) in [7, 11) is 10.4. The van der Waals surface area contributed by atoms with Crippen LogP contribution in [0.1, 0.15) is 32.1 Å². The molecule has 1 saturated heterocycles. The zero-order valence-electron chi connectivity index (χ0n) is 17.5. The Morgan fingerprint density at radius 1 is 1.30 bits per heavy atom. The first kappa shape index (κ1) is 27.1. The van der Waals surface area contributed by atoms with E-state index in [0.717, 1.165) is 23.8 Å². The van der Waals surface area contributed by atoms with Crippen molar-refractivity contribution < 1.29 is 14.3 Å². The van der Waals surface area contributed by atoms with Gasteiger partial charge in [0.25, 0.3) is 0 Å². The fourth-order valence-electron chi connectivity index (χ4n) is 2.21. The molecule has 0 radical (unpaired) electrons. The Morgan fingerprint density at radius 3 is 2.77 bits per heavy atom. The summed E-state index contributed by atoms with van der Waals surface area (Å²) in [6.45, 7) is 0.865. The van der Waals surface area contributed by atoms with Crippen molar-refractivity contribution in [1.29, 1.82) is 5.41 Å². The first-order chi connectivity index (χ1) is 14.4. The summed E-state index contributed by atoms with van der Waals surface area (Å²) < 4.78 is 4.99. The van der Waals surface area contributed by atoms with Crippen LogP contribution in [0, 0.1) is 5.41 Å². The van der Waals surface area contributed by atoms with Crippen molar-refractivity contribution in [3.63, 3.8) is 0 Å². The molecule has 9 nitrogen and oxygen atoms in total. The quantitative estimate of drug-likeness (QED) is 0.139. The summed E-state index contributed by atoms with van der Waals surface area (Å²) in [5, 5.41) is 13.5. The van der Waals surface area contributed by atoms with Gasteiger partial charge in [0, 0.05) is 49.6 Å². The number of unbranched alkanes of at least 4 members (excludes halogenated alkanes) is 1. The Hall–Kier alpha value is -0.920. The zero-order chi connectivity index (χ0) is 22.2. The molecule has 0 aromatic carbocycles. The number of rotatable bonds is 12. The zero-order valence-corrected chi connectivity index (χ0v) is 20.7. The third-order valence-corrected chi connectivity index (χ3v) is 9.16. The highest BCUT2D eigenvalue weighted by molar-refractivity contribution is 8.77. The minimum absolute atomic E-state index is 0.0748. The van der Waals surface area contributed by atoms with Crippen LogP contribution in [-0.4, -0.2) is 78.6 Å². The highest BCUT2D eigenvalue weighted by Gasteiger charge is 2.15. The van der Waals surface area contributed by atoms with Crippen LogP contribution < -0.4 is 16.4 Å². The number of nitrogens with zero attached hydrogens (tertiary/aromatic N) is 2. The second kappa shape index (κ2) is 16.7. The summed E-state index contributed by atoms with van der Waals surface area (Å²) >= 11 is 0. The number of guanidine groups is 2. The van der Waals surface area contributed by atoms with Crippen molar-refractivity contribution in [2.24, 2.45) is 10.7 Å². The van der Waals surface area contributed by atoms with E-state index in [-0.39, 0.29) is 24.4 Å². The molecular formula is C17H32N6O3S4. The topological polar surface area (TPSA) is 133 Å². The molecule has 1 rings (SSSR count). The molecule has 1 heterocycles. The molecular weight excluding hydrogens is 464 g/mol. The SMILES string of the molecule is CN(C)C(=N)N=C(N)NC(=O)OCCSSCCNC(=O)CCCC[C@@H]1CCSS1. The third kappa shape index (κ3) is 14.1. The number of hydrogen-bond donors (Lipinski definition) is 4. The predicted octanol–water partition coefficient (Wildman–Crippen LogP) is 2.74. The second-order valence-corrected chi connectivity index (χ2v) is 12.0. The van der Waals surface area contributed by atoms with Crippen molar-refractivity contribution in [2.75, 3.05) is 44.5 Å². The van der Waals surface area contributed by atoms with Crippen molar-refractivity contribution in [3.05, 3.63) is 0 Å². The molecule has 0 saturated carbocycles. The monoisotopic (exact) mass is 496 g/mol. The van der Waals surface area contributed by atoms with Gasteiger partial charge in [-0.3, -0.25) is 15.5 Å². The van der Waals surface area contributed by atoms with Gasteiger partial charge in [-0.25, -0.2) is 4.79 Å². The average Bonchev–Trinajstić information content (AvgIpc) is 3.20. The van der Waals surface area contributed by atoms with E-state index in [1.807, 2.05) is 21.6 Å². The van der Waals surface area contributed by atoms with Crippen LogP contribution >= 0.6 is 43.2 Å². The molecule has 0 bridgehead atoms. The summed E-state index contributed by atoms with van der Waals surface area (Å²) in [4.78, 5) is 28.5. The van der Waals surface area contributed by atoms with Gasteiger partial charge in [0.2, 0.25) is 17.8 Å². The van der Waals surface area contributed by atoms with Gasteiger partial charge in [0.05, 0.1) is 0 Å². The van der Waals surface area contributed by atoms with E-state index in [9.17, 15) is 9.59 Å². The molecule has 0 spiro atoms. The van der Waals surface area contributed by atoms with Gasteiger partial charge in [0.15, 0.2) is 0 Å². The number of alkyl carbamates (subject to hydrolysis) is 1. The molecule has 30 heavy (non-hydrogen) atoms. The van der Waals surface area contributed by atoms with E-state index < -0.39 is 6.09 Å². The molecule has 5 N–H and O–H groups in total. The van der Waals surface area contributed by atoms with E-state index in [0.29, 0.717) is 18.7 Å². The molecule has 1 aliphatic heterocycles. The minimum Gasteiger partial charge on any atom is -0.448 e. The van der Waals surface area contributed by atoms with Crippen LogP contribution in [0.5, 0.6) is 0 Å². The van der Waals surface area contributed by atoms with Gasteiger partial charge in [-0.1, -0.05) is 49.6 Å². The van der Waals surface area contributed by atoms with Crippen LogP contribution in [0.4, 0.5) is 4.79 Å². The smallest absolute Gasteiger partial charge is 0.413 e. The lowest BCUT2D eigenvalue weighted by Crippen LogP contribution is -2.39. The number of hydrogen-bond acceptors (Lipinski definition) is 8. The minimum atomic E-state index is -0.703. The van der Waals surface area contributed by atoms with Gasteiger partial charge in [-0.2, -0.15) is 4.99 Å². The summed E-state index contributed by atoms with van der Waals surface area (Å²) in [5.74, 6) is 2.54. The van der Waals surface area contributed by atoms with Gasteiger partial charge in [-0.15, -0.1) is 0 Å². The Balaban J connectivity index is 1.91. The van der Waals surface area contributed by atoms with Crippen molar-refractivity contribution in [1.82, 2.24) is 15.5 Å². The highest BCUT2D eigenvalue weighted by atomic mass is 33.1. The number of carbonyl (C=O) groups excluding carboxylic acids is 2. The molecule has 0 aromatic heterocycles. The Labute approximate surface area is 194 Å². The maximum atomic E-state index is 11.8. The van der Waals surface area contributed by atoms with E-state index in [2.05, 4.69) is 15.6 Å². The van der Waals surface area contributed by atoms with Gasteiger partial charge < -0.3 is 20.7 Å². The van der Waals surface area contributed by atoms with Gasteiger partial charge in [0.1, 0.15) is 6.61 Å². The fraction of sp³-hybridized carbons (Fsp3) is 0.765. The molecule has 1 aliphatic rings. The number of amides is 2. The number of ether oxygens (including phenoxy) is 1. The first-order valence-corrected chi connectivity index (χ1v) is 14.6. The Morgan fingerprint density at radius 2 is 2.07 bits per heavy atom. The number of aliphatic imine (C=N–C) groups is 1. The Kier molecular flexibility index (Phi) is 15.1. The highest BCUT2D eigenvalue weighted by Crippen LogP contribution is 2.39. The second-order valence-electron chi connectivity index (χ2n) is 6.54. The first-order valence-electron chi connectivity index (χ1n) is 9.71. The van der Waals surface area contributed by atoms with Crippen LogP contribution in [0.2, 0.25) is 0 Å². The van der Waals surface area contributed by atoms with Crippen LogP contribution in [-0.2, 0) is 9.53 Å². The van der Waals surface area contributed by atoms with Gasteiger partial charge in [-0.05, 0) is 19.3 Å². The molecule has 2 amide bonds. The fourth-order valence-corrected chi connectivity index (χ4v) is 6.97. The maximum Gasteiger partial charge on any atom is 0.413 e. The normalized spacial score (nSPS) is 16.2. The van der Waals surface area contributed by atoms with Crippen molar-refractivity contribution in [2.45, 2.75) is 37.4 Å². The number of nitrogens with one attached hydrogen (secondary N) is 3. The largest absolute Gasteiger partial charge is 0.448 e. The molecule has 13 heteroatoms. The molecule has 0 aromatic rings. The van der Waals surface area contributed by atoms with Crippen molar-refractivity contribution >= 4 is 67.1 Å². The van der Waals surface area contributed by atoms with Crippen LogP contribution in [0.15, 0.2) is 4.99 Å². The Bertz CT molecular complexity index is 574. The van der Waals surface area contributed by atoms with E-state index in [1.54, 1.807) is 35.7 Å². The number of carbonyl (C=O) groups is 2. The average molecular weight is 497 g/mol.